The molecule has 1 heterocycles. The van der Waals surface area contributed by atoms with Crippen LogP contribution in [0.4, 0.5) is 5.69 Å². The van der Waals surface area contributed by atoms with Crippen molar-refractivity contribution >= 4 is 11.6 Å². The minimum Gasteiger partial charge on any atom is -0.362 e. The van der Waals surface area contributed by atoms with Crippen LogP contribution in [0.25, 0.3) is 0 Å². The van der Waals surface area contributed by atoms with E-state index in [-0.39, 0.29) is 29.8 Å². The molecular formula is C14H18N2O4. The first-order chi connectivity index (χ1) is 9.29. The SMILES string of the molecule is CC(C)(C)N1C[C@@H](c2ccc([N+](=O)[O-])cc2)OCC1=O. The molecule has 1 atom stereocenters. The fraction of sp³-hybridized carbons (Fsp3) is 0.500. The molecule has 1 aromatic rings. The van der Waals surface area contributed by atoms with Crippen molar-refractivity contribution < 1.29 is 14.5 Å². The molecule has 0 spiro atoms. The van der Waals surface area contributed by atoms with E-state index in [1.165, 1.54) is 12.1 Å². The van der Waals surface area contributed by atoms with E-state index in [0.717, 1.165) is 5.56 Å². The molecule has 108 valence electrons. The third-order valence-electron chi connectivity index (χ3n) is 3.34. The van der Waals surface area contributed by atoms with Gasteiger partial charge in [-0.15, -0.1) is 0 Å². The molecule has 6 heteroatoms. The molecule has 2 rings (SSSR count). The Morgan fingerprint density at radius 3 is 2.40 bits per heavy atom. The number of amides is 1. The molecule has 1 aliphatic heterocycles. The number of carbonyl (C=O) groups is 1. The Morgan fingerprint density at radius 1 is 1.30 bits per heavy atom. The zero-order valence-corrected chi connectivity index (χ0v) is 11.8. The maximum atomic E-state index is 11.9. The smallest absolute Gasteiger partial charge is 0.269 e. The Bertz CT molecular complexity index is 519. The number of nitro groups is 1. The van der Waals surface area contributed by atoms with Crippen molar-refractivity contribution in [3.63, 3.8) is 0 Å². The summed E-state index contributed by atoms with van der Waals surface area (Å²) in [7, 11) is 0. The lowest BCUT2D eigenvalue weighted by atomic mass is 10.0. The molecule has 1 saturated heterocycles. The first-order valence-electron chi connectivity index (χ1n) is 6.45. The lowest BCUT2D eigenvalue weighted by molar-refractivity contribution is -0.384. The van der Waals surface area contributed by atoms with Crippen molar-refractivity contribution in [2.75, 3.05) is 13.2 Å². The molecule has 0 N–H and O–H groups in total. The molecule has 1 aliphatic rings. The number of rotatable bonds is 2. The van der Waals surface area contributed by atoms with E-state index < -0.39 is 4.92 Å². The summed E-state index contributed by atoms with van der Waals surface area (Å²) in [6.07, 6.45) is -0.243. The Hall–Kier alpha value is -1.95. The van der Waals surface area contributed by atoms with Gasteiger partial charge in [-0.05, 0) is 38.5 Å². The van der Waals surface area contributed by atoms with Gasteiger partial charge in [0.05, 0.1) is 11.5 Å². The Morgan fingerprint density at radius 2 is 1.90 bits per heavy atom. The van der Waals surface area contributed by atoms with Crippen molar-refractivity contribution in [1.82, 2.24) is 4.90 Å². The molecule has 1 aromatic carbocycles. The summed E-state index contributed by atoms with van der Waals surface area (Å²) < 4.78 is 5.54. The zero-order chi connectivity index (χ0) is 14.9. The average molecular weight is 278 g/mol. The summed E-state index contributed by atoms with van der Waals surface area (Å²) in [5.41, 5.74) is 0.630. The fourth-order valence-corrected chi connectivity index (χ4v) is 2.23. The van der Waals surface area contributed by atoms with Crippen molar-refractivity contribution in [3.05, 3.63) is 39.9 Å². The van der Waals surface area contributed by atoms with Crippen molar-refractivity contribution in [2.45, 2.75) is 32.4 Å². The summed E-state index contributed by atoms with van der Waals surface area (Å²) in [6, 6.07) is 6.27. The van der Waals surface area contributed by atoms with Gasteiger partial charge in [0.25, 0.3) is 5.69 Å². The van der Waals surface area contributed by atoms with E-state index in [2.05, 4.69) is 0 Å². The van der Waals surface area contributed by atoms with Crippen LogP contribution in [0.15, 0.2) is 24.3 Å². The number of ether oxygens (including phenoxy) is 1. The number of hydrogen-bond acceptors (Lipinski definition) is 4. The monoisotopic (exact) mass is 278 g/mol. The number of hydrogen-bond donors (Lipinski definition) is 0. The number of nitrogens with zero attached hydrogens (tertiary/aromatic N) is 2. The lowest BCUT2D eigenvalue weighted by Gasteiger charge is -2.41. The zero-order valence-electron chi connectivity index (χ0n) is 11.8. The number of nitro benzene ring substituents is 1. The number of benzene rings is 1. The molecule has 1 amide bonds. The predicted octanol–water partition coefficient (Wildman–Crippen LogP) is 2.29. The largest absolute Gasteiger partial charge is 0.362 e. The van der Waals surface area contributed by atoms with Crippen LogP contribution in [0.1, 0.15) is 32.4 Å². The second-order valence-electron chi connectivity index (χ2n) is 5.82. The number of carbonyl (C=O) groups excluding carboxylic acids is 1. The second kappa shape index (κ2) is 5.20. The van der Waals surface area contributed by atoms with Crippen LogP contribution in [-0.2, 0) is 9.53 Å². The van der Waals surface area contributed by atoms with Gasteiger partial charge in [-0.1, -0.05) is 0 Å². The van der Waals surface area contributed by atoms with E-state index in [9.17, 15) is 14.9 Å². The Kier molecular flexibility index (Phi) is 3.76. The summed E-state index contributed by atoms with van der Waals surface area (Å²) in [5, 5.41) is 10.6. The highest BCUT2D eigenvalue weighted by atomic mass is 16.6. The van der Waals surface area contributed by atoms with Gasteiger partial charge in [-0.25, -0.2) is 0 Å². The molecule has 0 saturated carbocycles. The molecule has 20 heavy (non-hydrogen) atoms. The summed E-state index contributed by atoms with van der Waals surface area (Å²) in [5.74, 6) is -0.0318. The van der Waals surface area contributed by atoms with Crippen LogP contribution in [0.2, 0.25) is 0 Å². The second-order valence-corrected chi connectivity index (χ2v) is 5.82. The van der Waals surface area contributed by atoms with Gasteiger partial charge < -0.3 is 9.64 Å². The maximum absolute atomic E-state index is 11.9. The predicted molar refractivity (Wildman–Crippen MR) is 73.3 cm³/mol. The molecule has 0 bridgehead atoms. The van der Waals surface area contributed by atoms with Gasteiger partial charge >= 0.3 is 0 Å². The van der Waals surface area contributed by atoms with Gasteiger partial charge in [0.15, 0.2) is 0 Å². The van der Waals surface area contributed by atoms with E-state index in [1.54, 1.807) is 17.0 Å². The van der Waals surface area contributed by atoms with Crippen molar-refractivity contribution in [1.29, 1.82) is 0 Å². The molecular weight excluding hydrogens is 260 g/mol. The van der Waals surface area contributed by atoms with Crippen LogP contribution >= 0.6 is 0 Å². The van der Waals surface area contributed by atoms with E-state index >= 15 is 0 Å². The summed E-state index contributed by atoms with van der Waals surface area (Å²) >= 11 is 0. The van der Waals surface area contributed by atoms with Gasteiger partial charge in [-0.2, -0.15) is 0 Å². The first-order valence-corrected chi connectivity index (χ1v) is 6.45. The first kappa shape index (κ1) is 14.5. The van der Waals surface area contributed by atoms with Crippen LogP contribution in [0, 0.1) is 10.1 Å². The fourth-order valence-electron chi connectivity index (χ4n) is 2.23. The summed E-state index contributed by atoms with van der Waals surface area (Å²) in [4.78, 5) is 23.9. The van der Waals surface area contributed by atoms with E-state index in [1.807, 2.05) is 20.8 Å². The van der Waals surface area contributed by atoms with Crippen LogP contribution in [-0.4, -0.2) is 34.4 Å². The summed E-state index contributed by atoms with van der Waals surface area (Å²) in [6.45, 7) is 6.43. The minimum atomic E-state index is -0.434. The van der Waals surface area contributed by atoms with Gasteiger partial charge in [0, 0.05) is 17.7 Å². The standard InChI is InChI=1S/C14H18N2O4/c1-14(2,3)15-8-12(20-9-13(15)17)10-4-6-11(7-5-10)16(18)19/h4-7,12H,8-9H2,1-3H3/t12-/m0/s1. The van der Waals surface area contributed by atoms with Gasteiger partial charge in [-0.3, -0.25) is 14.9 Å². The normalized spacial score (nSPS) is 20.1. The average Bonchev–Trinajstić information content (AvgIpc) is 2.38. The minimum absolute atomic E-state index is 0.0318. The quantitative estimate of drug-likeness (QED) is 0.614. The molecule has 0 unspecified atom stereocenters. The lowest BCUT2D eigenvalue weighted by Crippen LogP contribution is -2.52. The topological polar surface area (TPSA) is 72.7 Å². The van der Waals surface area contributed by atoms with E-state index in [0.29, 0.717) is 6.54 Å². The number of morpholine rings is 1. The van der Waals surface area contributed by atoms with Crippen LogP contribution in [0.3, 0.4) is 0 Å². The molecule has 1 fully saturated rings. The highest BCUT2D eigenvalue weighted by molar-refractivity contribution is 5.79. The molecule has 0 radical (unpaired) electrons. The highest BCUT2D eigenvalue weighted by Gasteiger charge is 2.34. The van der Waals surface area contributed by atoms with Crippen molar-refractivity contribution in [3.8, 4) is 0 Å². The molecule has 0 aromatic heterocycles. The third-order valence-corrected chi connectivity index (χ3v) is 3.34. The van der Waals surface area contributed by atoms with Gasteiger partial charge in [0.1, 0.15) is 12.7 Å². The van der Waals surface area contributed by atoms with E-state index in [4.69, 9.17) is 4.74 Å². The van der Waals surface area contributed by atoms with Crippen LogP contribution < -0.4 is 0 Å². The van der Waals surface area contributed by atoms with Gasteiger partial charge in [0.2, 0.25) is 5.91 Å². The molecule has 6 nitrogen and oxygen atoms in total. The molecule has 0 aliphatic carbocycles. The Labute approximate surface area is 117 Å². The van der Waals surface area contributed by atoms with Crippen LogP contribution in [0.5, 0.6) is 0 Å². The third kappa shape index (κ3) is 2.96. The number of non-ortho nitro benzene ring substituents is 1. The maximum Gasteiger partial charge on any atom is 0.269 e. The highest BCUT2D eigenvalue weighted by Crippen LogP contribution is 2.28. The van der Waals surface area contributed by atoms with Crippen molar-refractivity contribution in [2.24, 2.45) is 0 Å². The Balaban J connectivity index is 2.17.